The number of hydrogen-bond acceptors (Lipinski definition) is 3. The van der Waals surface area contributed by atoms with Crippen LogP contribution >= 0.6 is 0 Å². The number of carbonyl (C=O) groups is 1. The standard InChI is InChI=1S/C15H22N2O2/c1-3-10-16-15(19)12-17(11-14(18)4-2)13-8-6-5-7-9-13/h3,5-9,14,18H,1,4,10-12H2,2H3,(H,16,19). The van der Waals surface area contributed by atoms with E-state index in [0.717, 1.165) is 5.69 Å². The van der Waals surface area contributed by atoms with Crippen molar-refractivity contribution >= 4 is 11.6 Å². The first-order valence-electron chi connectivity index (χ1n) is 6.53. The van der Waals surface area contributed by atoms with E-state index in [0.29, 0.717) is 19.5 Å². The number of benzene rings is 1. The Bertz CT molecular complexity index is 392. The molecular weight excluding hydrogens is 240 g/mol. The van der Waals surface area contributed by atoms with Crippen LogP contribution in [0.3, 0.4) is 0 Å². The number of para-hydroxylation sites is 1. The van der Waals surface area contributed by atoms with Crippen molar-refractivity contribution in [3.05, 3.63) is 43.0 Å². The van der Waals surface area contributed by atoms with Gasteiger partial charge in [0.05, 0.1) is 12.6 Å². The largest absolute Gasteiger partial charge is 0.391 e. The molecule has 4 nitrogen and oxygen atoms in total. The van der Waals surface area contributed by atoms with Crippen LogP contribution in [0.5, 0.6) is 0 Å². The third-order valence-corrected chi connectivity index (χ3v) is 2.80. The van der Waals surface area contributed by atoms with E-state index in [4.69, 9.17) is 0 Å². The Morgan fingerprint density at radius 2 is 2.16 bits per heavy atom. The lowest BCUT2D eigenvalue weighted by Gasteiger charge is -2.26. The van der Waals surface area contributed by atoms with Crippen LogP contribution in [-0.4, -0.2) is 36.8 Å². The van der Waals surface area contributed by atoms with Crippen LogP contribution in [0.25, 0.3) is 0 Å². The predicted molar refractivity (Wildman–Crippen MR) is 78.2 cm³/mol. The number of nitrogens with zero attached hydrogens (tertiary/aromatic N) is 1. The summed E-state index contributed by atoms with van der Waals surface area (Å²) >= 11 is 0. The second-order valence-corrected chi connectivity index (χ2v) is 4.37. The van der Waals surface area contributed by atoms with Crippen molar-refractivity contribution in [3.8, 4) is 0 Å². The van der Waals surface area contributed by atoms with Crippen molar-refractivity contribution in [1.82, 2.24) is 5.32 Å². The Balaban J connectivity index is 2.69. The minimum absolute atomic E-state index is 0.0768. The number of nitrogens with one attached hydrogen (secondary N) is 1. The zero-order valence-corrected chi connectivity index (χ0v) is 11.4. The van der Waals surface area contributed by atoms with Gasteiger partial charge < -0.3 is 15.3 Å². The summed E-state index contributed by atoms with van der Waals surface area (Å²) in [5, 5.41) is 12.5. The minimum atomic E-state index is -0.438. The van der Waals surface area contributed by atoms with Crippen molar-refractivity contribution < 1.29 is 9.90 Å². The summed E-state index contributed by atoms with van der Waals surface area (Å²) in [6.07, 6.45) is 1.87. The summed E-state index contributed by atoms with van der Waals surface area (Å²) in [6, 6.07) is 9.63. The number of amides is 1. The molecule has 1 atom stereocenters. The van der Waals surface area contributed by atoms with Crippen LogP contribution < -0.4 is 10.2 Å². The smallest absolute Gasteiger partial charge is 0.239 e. The summed E-state index contributed by atoms with van der Waals surface area (Å²) in [5.74, 6) is -0.0768. The molecule has 0 saturated heterocycles. The number of aliphatic hydroxyl groups is 1. The van der Waals surface area contributed by atoms with Gasteiger partial charge in [-0.1, -0.05) is 31.2 Å². The van der Waals surface area contributed by atoms with E-state index >= 15 is 0 Å². The Morgan fingerprint density at radius 3 is 2.74 bits per heavy atom. The molecule has 0 aliphatic carbocycles. The molecule has 0 aliphatic rings. The maximum absolute atomic E-state index is 11.8. The molecule has 104 valence electrons. The lowest BCUT2D eigenvalue weighted by Crippen LogP contribution is -2.41. The maximum atomic E-state index is 11.8. The van der Waals surface area contributed by atoms with Crippen molar-refractivity contribution in [3.63, 3.8) is 0 Å². The van der Waals surface area contributed by atoms with Crippen LogP contribution in [0.4, 0.5) is 5.69 Å². The summed E-state index contributed by atoms with van der Waals surface area (Å²) in [7, 11) is 0. The van der Waals surface area contributed by atoms with Gasteiger partial charge in [-0.25, -0.2) is 0 Å². The van der Waals surface area contributed by atoms with Gasteiger partial charge in [-0.15, -0.1) is 6.58 Å². The fraction of sp³-hybridized carbons (Fsp3) is 0.400. The fourth-order valence-electron chi connectivity index (χ4n) is 1.70. The monoisotopic (exact) mass is 262 g/mol. The Morgan fingerprint density at radius 1 is 1.47 bits per heavy atom. The molecule has 0 aliphatic heterocycles. The Hall–Kier alpha value is -1.81. The first kappa shape index (κ1) is 15.2. The second-order valence-electron chi connectivity index (χ2n) is 4.37. The van der Waals surface area contributed by atoms with E-state index in [-0.39, 0.29) is 12.5 Å². The SMILES string of the molecule is C=CCNC(=O)CN(CC(O)CC)c1ccccc1. The summed E-state index contributed by atoms with van der Waals surface area (Å²) in [4.78, 5) is 13.7. The van der Waals surface area contributed by atoms with Crippen LogP contribution in [0.15, 0.2) is 43.0 Å². The van der Waals surface area contributed by atoms with Gasteiger partial charge in [-0.05, 0) is 18.6 Å². The molecule has 0 aromatic heterocycles. The molecule has 2 N–H and O–H groups in total. The van der Waals surface area contributed by atoms with Gasteiger partial charge >= 0.3 is 0 Å². The van der Waals surface area contributed by atoms with Crippen LogP contribution in [0.2, 0.25) is 0 Å². The average Bonchev–Trinajstić information content (AvgIpc) is 2.45. The van der Waals surface area contributed by atoms with Gasteiger partial charge in [0.25, 0.3) is 0 Å². The lowest BCUT2D eigenvalue weighted by molar-refractivity contribution is -0.119. The van der Waals surface area contributed by atoms with E-state index in [1.54, 1.807) is 6.08 Å². The molecule has 4 heteroatoms. The molecule has 0 bridgehead atoms. The molecule has 1 unspecified atom stereocenters. The number of anilines is 1. The predicted octanol–water partition coefficient (Wildman–Crippen LogP) is 1.57. The molecule has 0 heterocycles. The molecule has 1 amide bonds. The van der Waals surface area contributed by atoms with Crippen LogP contribution in [0.1, 0.15) is 13.3 Å². The average molecular weight is 262 g/mol. The number of hydrogen-bond donors (Lipinski definition) is 2. The van der Waals surface area contributed by atoms with Gasteiger partial charge in [-0.2, -0.15) is 0 Å². The maximum Gasteiger partial charge on any atom is 0.239 e. The lowest BCUT2D eigenvalue weighted by atomic mass is 10.2. The molecule has 0 spiro atoms. The molecule has 0 saturated carbocycles. The Labute approximate surface area is 114 Å². The van der Waals surface area contributed by atoms with E-state index in [2.05, 4.69) is 11.9 Å². The normalized spacial score (nSPS) is 11.7. The molecular formula is C15H22N2O2. The zero-order valence-electron chi connectivity index (χ0n) is 11.4. The Kier molecular flexibility index (Phi) is 6.68. The summed E-state index contributed by atoms with van der Waals surface area (Å²) in [5.41, 5.74) is 0.934. The first-order valence-corrected chi connectivity index (χ1v) is 6.53. The number of aliphatic hydroxyl groups excluding tert-OH is 1. The van der Waals surface area contributed by atoms with Gasteiger partial charge in [-0.3, -0.25) is 4.79 Å². The topological polar surface area (TPSA) is 52.6 Å². The zero-order chi connectivity index (χ0) is 14.1. The highest BCUT2D eigenvalue weighted by Crippen LogP contribution is 2.13. The highest BCUT2D eigenvalue weighted by atomic mass is 16.3. The molecule has 1 aromatic rings. The fourth-order valence-corrected chi connectivity index (χ4v) is 1.70. The van der Waals surface area contributed by atoms with E-state index < -0.39 is 6.10 Å². The summed E-state index contributed by atoms with van der Waals surface area (Å²) < 4.78 is 0. The van der Waals surface area contributed by atoms with Gasteiger partial charge in [0.2, 0.25) is 5.91 Å². The number of rotatable bonds is 8. The molecule has 0 fully saturated rings. The van der Waals surface area contributed by atoms with Crippen molar-refractivity contribution in [2.75, 3.05) is 24.5 Å². The van der Waals surface area contributed by atoms with E-state index in [1.807, 2.05) is 42.2 Å². The van der Waals surface area contributed by atoms with Crippen molar-refractivity contribution in [2.24, 2.45) is 0 Å². The van der Waals surface area contributed by atoms with Crippen LogP contribution in [-0.2, 0) is 4.79 Å². The second kappa shape index (κ2) is 8.32. The minimum Gasteiger partial charge on any atom is -0.391 e. The highest BCUT2D eigenvalue weighted by Gasteiger charge is 2.14. The molecule has 1 rings (SSSR count). The van der Waals surface area contributed by atoms with E-state index in [1.165, 1.54) is 0 Å². The molecule has 19 heavy (non-hydrogen) atoms. The third-order valence-electron chi connectivity index (χ3n) is 2.80. The van der Waals surface area contributed by atoms with Gasteiger partial charge in [0, 0.05) is 18.8 Å². The quantitative estimate of drug-likeness (QED) is 0.699. The van der Waals surface area contributed by atoms with Crippen LogP contribution in [0, 0.1) is 0 Å². The third kappa shape index (κ3) is 5.57. The van der Waals surface area contributed by atoms with Gasteiger partial charge in [0.1, 0.15) is 0 Å². The highest BCUT2D eigenvalue weighted by molar-refractivity contribution is 5.81. The first-order chi connectivity index (χ1) is 9.17. The number of carbonyl (C=O) groups excluding carboxylic acids is 1. The molecule has 0 radical (unpaired) electrons. The van der Waals surface area contributed by atoms with Crippen molar-refractivity contribution in [2.45, 2.75) is 19.4 Å². The molecule has 1 aromatic carbocycles. The van der Waals surface area contributed by atoms with Crippen molar-refractivity contribution in [1.29, 1.82) is 0 Å². The van der Waals surface area contributed by atoms with E-state index in [9.17, 15) is 9.90 Å². The summed E-state index contributed by atoms with van der Waals surface area (Å²) in [6.45, 7) is 6.62. The van der Waals surface area contributed by atoms with Gasteiger partial charge in [0.15, 0.2) is 0 Å².